The van der Waals surface area contributed by atoms with Gasteiger partial charge in [0.15, 0.2) is 93.1 Å². The van der Waals surface area contributed by atoms with Crippen LogP contribution in [0.25, 0.3) is 87.2 Å². The predicted molar refractivity (Wildman–Crippen MR) is 383 cm³/mol. The molecule has 44 heteroatoms. The summed E-state index contributed by atoms with van der Waals surface area (Å²) in [5.74, 6) is -57.6. The zero-order valence-electron chi connectivity index (χ0n) is 60.9. The number of carboxylic acids is 8. The van der Waals surface area contributed by atoms with Crippen molar-refractivity contribution in [3.05, 3.63) is 333 Å². The summed E-state index contributed by atoms with van der Waals surface area (Å²) in [6.45, 7) is 0. The molecule has 8 N–H and O–H groups in total. The number of benzene rings is 8. The van der Waals surface area contributed by atoms with Crippen LogP contribution in [0, 0.1) is 175 Å². The summed E-state index contributed by atoms with van der Waals surface area (Å²) >= 11 is 0. The maximum absolute atomic E-state index is 12.9. The maximum atomic E-state index is 12.9. The van der Waals surface area contributed by atoms with Crippen LogP contribution in [0.4, 0.5) is 70.2 Å². The molecule has 0 amide bonds. The molecule has 26 nitrogen and oxygen atoms in total. The molecule has 16 rings (SSSR count). The number of aromatic carboxylic acids is 8. The third kappa shape index (κ3) is 22.0. The van der Waals surface area contributed by atoms with Gasteiger partial charge in [-0.3, -0.25) is 39.9 Å². The van der Waals surface area contributed by atoms with Crippen LogP contribution in [0.1, 0.15) is 82.9 Å². The van der Waals surface area contributed by atoms with Crippen LogP contribution in [0.3, 0.4) is 0 Å². The molecule has 8 aromatic heterocycles. The molecule has 0 saturated carbocycles. The maximum Gasteiger partial charge on any atom is 3.00 e. The van der Waals surface area contributed by atoms with E-state index < -0.39 is 185 Å². The van der Waals surface area contributed by atoms with E-state index in [-0.39, 0.29) is 92.6 Å². The van der Waals surface area contributed by atoms with Gasteiger partial charge in [0.1, 0.15) is 11.1 Å². The standard InChI is InChI=1S/4C12H8N2.4C8H2F4O4.2Nd.2H2O/c4*1-3-9-5-6-10-4-2-8-14-12(10)11(9)13-7-1;4*9-3-1(7(13)14)2(8(15)16)4(10)6(12)5(3)11;;;;/h4*1-8H;4*(H,13,14)(H,15,16);;;2*1H2/q;;;;;;;;2*+3;;/p-4. The van der Waals surface area contributed by atoms with Crippen LogP contribution < -0.4 is 30.6 Å². The Hall–Kier alpha value is -13.7. The molecular weight excluding hydrogens is 1950 g/mol. The number of halogens is 16. The summed E-state index contributed by atoms with van der Waals surface area (Å²) in [5, 5.41) is 87.4. The minimum Gasteiger partial charge on any atom is -0.545 e. The van der Waals surface area contributed by atoms with Crippen LogP contribution in [-0.4, -0.2) is 97.8 Å². The Kier molecular flexibility index (Phi) is 36.0. The number of nitrogens with zero attached hydrogens (tertiary/aromatic N) is 8. The molecule has 124 heavy (non-hydrogen) atoms. The Morgan fingerprint density at radius 1 is 0.194 bits per heavy atom. The molecule has 0 aliphatic heterocycles. The number of hydrogen-bond acceptors (Lipinski definition) is 22. The van der Waals surface area contributed by atoms with Gasteiger partial charge in [0.05, 0.1) is 91.1 Å². The van der Waals surface area contributed by atoms with E-state index in [0.29, 0.717) is 0 Å². The summed E-state index contributed by atoms with van der Waals surface area (Å²) in [5.41, 5.74) is -7.30. The average Bonchev–Trinajstić information content (AvgIpc) is 0.776. The third-order valence-corrected chi connectivity index (χ3v) is 16.1. The van der Waals surface area contributed by atoms with Crippen molar-refractivity contribution in [3.63, 3.8) is 0 Å². The van der Waals surface area contributed by atoms with Crippen LogP contribution in [0.2, 0.25) is 0 Å². The van der Waals surface area contributed by atoms with Crippen LogP contribution in [-0.2, 0) is 11.0 Å². The zero-order chi connectivity index (χ0) is 88.0. The van der Waals surface area contributed by atoms with Gasteiger partial charge in [0.2, 0.25) is 0 Å². The van der Waals surface area contributed by atoms with E-state index in [1.54, 1.807) is 49.6 Å². The number of fused-ring (bicyclic) bond motifs is 12. The number of carbonyl (C=O) groups excluding carboxylic acids is 6. The van der Waals surface area contributed by atoms with Gasteiger partial charge in [-0.05, 0) is 48.5 Å². The van der Waals surface area contributed by atoms with E-state index in [2.05, 4.69) is 137 Å². The molecule has 0 aliphatic carbocycles. The van der Waals surface area contributed by atoms with E-state index >= 15 is 0 Å². The Balaban J connectivity index is 0.000000251. The molecule has 0 saturated heterocycles. The number of hydrogen-bond donors (Lipinski definition) is 2. The number of aromatic nitrogens is 8. The molecule has 0 bridgehead atoms. The first-order valence-electron chi connectivity index (χ1n) is 32.5. The molecule has 16 aromatic rings. The molecule has 0 atom stereocenters. The topological polar surface area (TPSA) is 484 Å². The van der Waals surface area contributed by atoms with E-state index in [1.165, 1.54) is 0 Å². The smallest absolute Gasteiger partial charge is 0.545 e. The SMILES string of the molecule is O=C([O-])c1c(F)c(F)c(F)c(F)c1C(=O)O.O=C([O-])c1c(F)c(F)c(F)c(F)c1C(=O)O.O=C([O-])c1c(F)c(F)c(F)c(F)c1C(=O)[O-].O=C([O-])c1c(F)c(F)c(F)c(F)c1C(=O)[O-].[Nd+3].[Nd+3].[OH3+].[OH3+].c1cnc2c(c1)ccc1cccnc12.c1cnc2c(c1)ccc1cccnc12.c1cnc2c(c1)ccc1cccnc12.c1cnc2c(c1)ccc1cccnc12. The fourth-order valence-electron chi connectivity index (χ4n) is 10.8. The van der Waals surface area contributed by atoms with Gasteiger partial charge in [-0.2, -0.15) is 0 Å². The molecule has 0 unspecified atom stereocenters. The first kappa shape index (κ1) is 101. The summed E-state index contributed by atoms with van der Waals surface area (Å²) in [4.78, 5) is 117. The minimum atomic E-state index is -2.51. The first-order valence-corrected chi connectivity index (χ1v) is 32.5. The van der Waals surface area contributed by atoms with Gasteiger partial charge in [0, 0.05) is 115 Å². The van der Waals surface area contributed by atoms with Crippen molar-refractivity contribution in [1.82, 2.24) is 39.9 Å². The van der Waals surface area contributed by atoms with Crippen molar-refractivity contribution in [1.29, 1.82) is 0 Å². The van der Waals surface area contributed by atoms with Crippen molar-refractivity contribution in [2.24, 2.45) is 0 Å². The normalized spacial score (nSPS) is 10.2. The van der Waals surface area contributed by atoms with Gasteiger partial charge < -0.3 is 80.6 Å². The van der Waals surface area contributed by atoms with Gasteiger partial charge in [-0.25, -0.2) is 79.8 Å². The van der Waals surface area contributed by atoms with E-state index in [9.17, 15) is 139 Å². The molecule has 0 fully saturated rings. The summed E-state index contributed by atoms with van der Waals surface area (Å²) in [6, 6.07) is 48.6. The van der Waals surface area contributed by atoms with Gasteiger partial charge >= 0.3 is 93.6 Å². The number of pyridine rings is 8. The Morgan fingerprint density at radius 2 is 0.298 bits per heavy atom. The summed E-state index contributed by atoms with van der Waals surface area (Å²) in [7, 11) is 0. The minimum absolute atomic E-state index is 0. The second kappa shape index (κ2) is 44.2. The molecule has 8 aromatic carbocycles. The van der Waals surface area contributed by atoms with Crippen molar-refractivity contribution in [3.8, 4) is 0 Å². The fraction of sp³-hybridized carbons (Fsp3) is 0. The Bertz CT molecular complexity index is 5680. The van der Waals surface area contributed by atoms with E-state index in [4.69, 9.17) is 10.2 Å². The number of carbonyl (C=O) groups is 8. The van der Waals surface area contributed by atoms with Crippen molar-refractivity contribution < 1.29 is 242 Å². The molecule has 626 valence electrons. The van der Waals surface area contributed by atoms with Crippen LogP contribution >= 0.6 is 0 Å². The second-order valence-corrected chi connectivity index (χ2v) is 23.2. The van der Waals surface area contributed by atoms with Crippen LogP contribution in [0.5, 0.6) is 0 Å². The Morgan fingerprint density at radius 3 is 0.403 bits per heavy atom. The molecular formula is C80H40F16N8Nd2O18+2. The summed E-state index contributed by atoms with van der Waals surface area (Å²) < 4.78 is 203. The predicted octanol–water partition coefficient (Wildman–Crippen LogP) is 7.84. The fourth-order valence-corrected chi connectivity index (χ4v) is 10.8. The van der Waals surface area contributed by atoms with Crippen molar-refractivity contribution in [2.45, 2.75) is 0 Å². The largest absolute Gasteiger partial charge is 3.00 e. The van der Waals surface area contributed by atoms with E-state index in [0.717, 1.165) is 87.2 Å². The molecule has 0 spiro atoms. The number of carboxylic acid groups (broad SMARTS) is 8. The first-order chi connectivity index (χ1) is 56.9. The number of rotatable bonds is 8. The Labute approximate surface area is 743 Å². The van der Waals surface area contributed by atoms with Crippen molar-refractivity contribution >= 4 is 135 Å². The third-order valence-electron chi connectivity index (χ3n) is 16.1. The van der Waals surface area contributed by atoms with Gasteiger partial charge in [0.25, 0.3) is 0 Å². The van der Waals surface area contributed by atoms with Crippen LogP contribution in [0.15, 0.2) is 195 Å². The van der Waals surface area contributed by atoms with E-state index in [1.807, 2.05) is 48.5 Å². The quantitative estimate of drug-likeness (QED) is 0.0480. The summed E-state index contributed by atoms with van der Waals surface area (Å²) in [6.07, 6.45) is 14.4. The molecule has 2 radical (unpaired) electrons. The molecule has 8 heterocycles. The second-order valence-electron chi connectivity index (χ2n) is 23.2. The van der Waals surface area contributed by atoms with Gasteiger partial charge in [-0.15, -0.1) is 0 Å². The monoisotopic (exact) mass is 1990 g/mol. The molecule has 0 aliphatic rings. The van der Waals surface area contributed by atoms with Crippen molar-refractivity contribution in [2.75, 3.05) is 0 Å². The zero-order valence-corrected chi connectivity index (χ0v) is 67.3. The average molecular weight is 1990 g/mol. The van der Waals surface area contributed by atoms with Gasteiger partial charge in [-0.1, -0.05) is 97.1 Å².